The zero-order valence-electron chi connectivity index (χ0n) is 8.51. The molecule has 82 valence electrons. The third kappa shape index (κ3) is 2.08. The summed E-state index contributed by atoms with van der Waals surface area (Å²) in [6, 6.07) is 3.15. The van der Waals surface area contributed by atoms with Gasteiger partial charge in [0, 0.05) is 12.7 Å². The lowest BCUT2D eigenvalue weighted by atomic mass is 10.2. The van der Waals surface area contributed by atoms with Crippen LogP contribution in [0.1, 0.15) is 18.4 Å². The molecule has 0 bridgehead atoms. The van der Waals surface area contributed by atoms with Crippen molar-refractivity contribution in [2.24, 2.45) is 5.92 Å². The Bertz CT molecular complexity index is 462. The quantitative estimate of drug-likeness (QED) is 0.613. The van der Waals surface area contributed by atoms with Crippen molar-refractivity contribution < 1.29 is 4.92 Å². The highest BCUT2D eigenvalue weighted by Gasteiger charge is 2.25. The third-order valence-electron chi connectivity index (χ3n) is 2.48. The van der Waals surface area contributed by atoms with Crippen LogP contribution in [0.3, 0.4) is 0 Å². The third-order valence-corrected chi connectivity index (χ3v) is 2.48. The van der Waals surface area contributed by atoms with Crippen molar-refractivity contribution in [3.05, 3.63) is 27.9 Å². The molecule has 1 saturated carbocycles. The van der Waals surface area contributed by atoms with Crippen LogP contribution in [0.4, 0.5) is 11.5 Å². The second kappa shape index (κ2) is 4.14. The predicted molar refractivity (Wildman–Crippen MR) is 56.8 cm³/mol. The molecule has 2 rings (SSSR count). The number of hydrogen-bond donors (Lipinski definition) is 1. The Balaban J connectivity index is 2.27. The molecule has 1 aliphatic rings. The van der Waals surface area contributed by atoms with Crippen molar-refractivity contribution in [3.63, 3.8) is 0 Å². The maximum absolute atomic E-state index is 10.8. The topological polar surface area (TPSA) is 91.8 Å². The average molecular weight is 218 g/mol. The Labute approximate surface area is 92.1 Å². The summed E-state index contributed by atoms with van der Waals surface area (Å²) in [6.07, 6.45) is 3.71. The van der Waals surface area contributed by atoms with E-state index in [0.717, 1.165) is 12.8 Å². The number of pyridine rings is 1. The van der Waals surface area contributed by atoms with Crippen molar-refractivity contribution in [1.82, 2.24) is 4.98 Å². The molecule has 6 heteroatoms. The fourth-order valence-corrected chi connectivity index (χ4v) is 1.42. The van der Waals surface area contributed by atoms with Crippen LogP contribution in [0.15, 0.2) is 12.3 Å². The van der Waals surface area contributed by atoms with Crippen LogP contribution in [0.25, 0.3) is 0 Å². The smallest absolute Gasteiger partial charge is 0.328 e. The Morgan fingerprint density at radius 2 is 2.44 bits per heavy atom. The molecule has 0 atom stereocenters. The van der Waals surface area contributed by atoms with Crippen molar-refractivity contribution >= 4 is 11.5 Å². The maximum Gasteiger partial charge on any atom is 0.328 e. The Hall–Kier alpha value is -2.16. The fourth-order valence-electron chi connectivity index (χ4n) is 1.42. The van der Waals surface area contributed by atoms with Gasteiger partial charge in [-0.1, -0.05) is 0 Å². The molecule has 0 radical (unpaired) electrons. The van der Waals surface area contributed by atoms with E-state index >= 15 is 0 Å². The number of aromatic nitrogens is 1. The zero-order valence-corrected chi connectivity index (χ0v) is 8.51. The minimum Gasteiger partial charge on any atom is -0.364 e. The molecule has 0 amide bonds. The molecule has 1 fully saturated rings. The number of hydrogen-bond acceptors (Lipinski definition) is 5. The fraction of sp³-hybridized carbons (Fsp3) is 0.400. The highest BCUT2D eigenvalue weighted by molar-refractivity contribution is 5.64. The van der Waals surface area contributed by atoms with E-state index in [-0.39, 0.29) is 17.1 Å². The van der Waals surface area contributed by atoms with Crippen molar-refractivity contribution in [3.8, 4) is 6.07 Å². The summed E-state index contributed by atoms with van der Waals surface area (Å²) in [6.45, 7) is 0.683. The van der Waals surface area contributed by atoms with E-state index < -0.39 is 4.92 Å². The van der Waals surface area contributed by atoms with E-state index in [0.29, 0.717) is 12.5 Å². The van der Waals surface area contributed by atoms with Gasteiger partial charge < -0.3 is 5.32 Å². The Morgan fingerprint density at radius 3 is 3.00 bits per heavy atom. The lowest BCUT2D eigenvalue weighted by molar-refractivity contribution is -0.384. The van der Waals surface area contributed by atoms with Crippen molar-refractivity contribution in [2.75, 3.05) is 11.9 Å². The molecule has 1 aromatic rings. The molecule has 1 aliphatic carbocycles. The first-order chi connectivity index (χ1) is 7.72. The van der Waals surface area contributed by atoms with E-state index in [1.54, 1.807) is 6.07 Å². The second-order valence-electron chi connectivity index (χ2n) is 3.75. The maximum atomic E-state index is 10.8. The van der Waals surface area contributed by atoms with Crippen LogP contribution >= 0.6 is 0 Å². The lowest BCUT2D eigenvalue weighted by Gasteiger charge is -2.05. The predicted octanol–water partition coefficient (Wildman–Crippen LogP) is 1.68. The van der Waals surface area contributed by atoms with E-state index in [1.165, 1.54) is 12.3 Å². The second-order valence-corrected chi connectivity index (χ2v) is 3.75. The molecule has 16 heavy (non-hydrogen) atoms. The summed E-state index contributed by atoms with van der Waals surface area (Å²) in [5.74, 6) is 0.781. The first-order valence-electron chi connectivity index (χ1n) is 4.99. The van der Waals surface area contributed by atoms with Crippen LogP contribution in [-0.4, -0.2) is 16.5 Å². The van der Waals surface area contributed by atoms with Gasteiger partial charge in [-0.15, -0.1) is 0 Å². The molecule has 0 saturated heterocycles. The molecule has 1 aromatic heterocycles. The van der Waals surface area contributed by atoms with E-state index in [1.807, 2.05) is 0 Å². The number of nitro groups is 1. The van der Waals surface area contributed by atoms with Gasteiger partial charge in [-0.3, -0.25) is 10.1 Å². The normalized spacial score (nSPS) is 14.2. The number of nitrogens with zero attached hydrogens (tertiary/aromatic N) is 3. The standard InChI is InChI=1S/C10H10N4O2/c11-5-8-3-4-12-10(9(8)14(15)16)13-6-7-1-2-7/h3-4,7H,1-2,6H2,(H,12,13). The molecular formula is C10H10N4O2. The van der Waals surface area contributed by atoms with Gasteiger partial charge in [0.15, 0.2) is 0 Å². The molecular weight excluding hydrogens is 208 g/mol. The highest BCUT2D eigenvalue weighted by Crippen LogP contribution is 2.31. The highest BCUT2D eigenvalue weighted by atomic mass is 16.6. The van der Waals surface area contributed by atoms with E-state index in [4.69, 9.17) is 5.26 Å². The largest absolute Gasteiger partial charge is 0.364 e. The number of anilines is 1. The van der Waals surface area contributed by atoms with E-state index in [9.17, 15) is 10.1 Å². The minimum atomic E-state index is -0.569. The molecule has 1 N–H and O–H groups in total. The summed E-state index contributed by atoms with van der Waals surface area (Å²) in [5, 5.41) is 22.5. The monoisotopic (exact) mass is 218 g/mol. The first kappa shape index (κ1) is 10.4. The van der Waals surface area contributed by atoms with Crippen LogP contribution in [0, 0.1) is 27.4 Å². The Morgan fingerprint density at radius 1 is 1.69 bits per heavy atom. The van der Waals surface area contributed by atoms with Gasteiger partial charge in [0.25, 0.3) is 0 Å². The summed E-state index contributed by atoms with van der Waals surface area (Å²) >= 11 is 0. The van der Waals surface area contributed by atoms with Gasteiger partial charge in [0.1, 0.15) is 11.6 Å². The number of nitrogens with one attached hydrogen (secondary N) is 1. The van der Waals surface area contributed by atoms with Gasteiger partial charge in [0.2, 0.25) is 5.82 Å². The molecule has 0 aliphatic heterocycles. The molecule has 1 heterocycles. The van der Waals surface area contributed by atoms with Crippen LogP contribution in [0.2, 0.25) is 0 Å². The summed E-state index contributed by atoms with van der Waals surface area (Å²) in [4.78, 5) is 14.2. The van der Waals surface area contributed by atoms with Crippen molar-refractivity contribution in [1.29, 1.82) is 5.26 Å². The molecule has 0 spiro atoms. The summed E-state index contributed by atoms with van der Waals surface area (Å²) in [5.41, 5.74) is -0.191. The average Bonchev–Trinajstić information content (AvgIpc) is 3.09. The van der Waals surface area contributed by atoms with Gasteiger partial charge in [-0.25, -0.2) is 4.98 Å². The Kier molecular flexibility index (Phi) is 2.68. The molecule has 6 nitrogen and oxygen atoms in total. The number of nitriles is 1. The van der Waals surface area contributed by atoms with E-state index in [2.05, 4.69) is 10.3 Å². The lowest BCUT2D eigenvalue weighted by Crippen LogP contribution is -2.08. The van der Waals surface area contributed by atoms with Gasteiger partial charge in [0.05, 0.1) is 4.92 Å². The van der Waals surface area contributed by atoms with Crippen LogP contribution in [0.5, 0.6) is 0 Å². The summed E-state index contributed by atoms with van der Waals surface area (Å²) < 4.78 is 0. The summed E-state index contributed by atoms with van der Waals surface area (Å²) in [7, 11) is 0. The van der Waals surface area contributed by atoms with Gasteiger partial charge in [-0.05, 0) is 24.8 Å². The van der Waals surface area contributed by atoms with Crippen LogP contribution < -0.4 is 5.32 Å². The number of rotatable bonds is 4. The minimum absolute atomic E-state index is 0.0401. The first-order valence-corrected chi connectivity index (χ1v) is 4.99. The molecule has 0 unspecified atom stereocenters. The zero-order chi connectivity index (χ0) is 11.5. The van der Waals surface area contributed by atoms with Gasteiger partial charge in [-0.2, -0.15) is 5.26 Å². The SMILES string of the molecule is N#Cc1ccnc(NCC2CC2)c1[N+](=O)[O-]. The van der Waals surface area contributed by atoms with Crippen molar-refractivity contribution in [2.45, 2.75) is 12.8 Å². The molecule has 0 aromatic carbocycles. The van der Waals surface area contributed by atoms with Gasteiger partial charge >= 0.3 is 5.69 Å². The van der Waals surface area contributed by atoms with Crippen LogP contribution in [-0.2, 0) is 0 Å².